The summed E-state index contributed by atoms with van der Waals surface area (Å²) in [6.07, 6.45) is 0.669. The van der Waals surface area contributed by atoms with Gasteiger partial charge in [-0.15, -0.1) is 0 Å². The summed E-state index contributed by atoms with van der Waals surface area (Å²) < 4.78 is 28.4. The van der Waals surface area contributed by atoms with E-state index >= 15 is 0 Å². The molecule has 18 heavy (non-hydrogen) atoms. The van der Waals surface area contributed by atoms with Crippen LogP contribution in [0.4, 0.5) is 5.69 Å². The maximum absolute atomic E-state index is 11.5. The second-order valence-corrected chi connectivity index (χ2v) is 6.34. The molecule has 0 bridgehead atoms. The Bertz CT molecular complexity index is 457. The normalized spacial score (nSPS) is 11.2. The van der Waals surface area contributed by atoms with Gasteiger partial charge in [-0.05, 0) is 25.5 Å². The van der Waals surface area contributed by atoms with E-state index in [9.17, 15) is 8.42 Å². The number of hydrogen-bond acceptors (Lipinski definition) is 4. The van der Waals surface area contributed by atoms with Crippen LogP contribution in [0.3, 0.4) is 0 Å². The molecule has 1 rings (SSSR count). The van der Waals surface area contributed by atoms with Gasteiger partial charge in [-0.3, -0.25) is 0 Å². The van der Waals surface area contributed by atoms with Gasteiger partial charge >= 0.3 is 0 Å². The van der Waals surface area contributed by atoms with Gasteiger partial charge in [0.2, 0.25) is 0 Å². The van der Waals surface area contributed by atoms with E-state index in [1.165, 1.54) is 0 Å². The Morgan fingerprint density at radius 1 is 1.22 bits per heavy atom. The summed E-state index contributed by atoms with van der Waals surface area (Å²) in [5.41, 5.74) is 0.882. The summed E-state index contributed by atoms with van der Waals surface area (Å²) in [6, 6.07) is 7.53. The lowest BCUT2D eigenvalue weighted by molar-refractivity contribution is 0.340. The minimum Gasteiger partial charge on any atom is -0.494 e. The van der Waals surface area contributed by atoms with E-state index in [4.69, 9.17) is 4.74 Å². The molecule has 0 heterocycles. The van der Waals surface area contributed by atoms with E-state index in [2.05, 4.69) is 5.32 Å². The first-order chi connectivity index (χ1) is 8.57. The minimum atomic E-state index is -2.92. The molecule has 0 spiro atoms. The van der Waals surface area contributed by atoms with Crippen molar-refractivity contribution in [3.8, 4) is 5.75 Å². The molecule has 0 fully saturated rings. The summed E-state index contributed by atoms with van der Waals surface area (Å²) in [5.74, 6) is 1.21. The van der Waals surface area contributed by atoms with Crippen molar-refractivity contribution in [3.63, 3.8) is 0 Å². The molecule has 0 aliphatic heterocycles. The lowest BCUT2D eigenvalue weighted by Crippen LogP contribution is -2.18. The lowest BCUT2D eigenvalue weighted by Gasteiger charge is -2.09. The fourth-order valence-electron chi connectivity index (χ4n) is 1.63. The topological polar surface area (TPSA) is 55.4 Å². The van der Waals surface area contributed by atoms with Gasteiger partial charge in [-0.2, -0.15) is 0 Å². The highest BCUT2D eigenvalue weighted by atomic mass is 32.2. The first-order valence-electron chi connectivity index (χ1n) is 6.24. The largest absolute Gasteiger partial charge is 0.494 e. The number of nitrogens with one attached hydrogen (secondary N) is 1. The number of anilines is 1. The van der Waals surface area contributed by atoms with Crippen molar-refractivity contribution in [2.75, 3.05) is 30.0 Å². The Balaban J connectivity index is 2.46. The standard InChI is InChI=1S/C13H21NO3S/c1-3-9-18(15,16)10-8-14-12-6-5-7-13(11-12)17-4-2/h5-7,11,14H,3-4,8-10H2,1-2H3. The third-order valence-corrected chi connectivity index (χ3v) is 4.26. The molecule has 0 aliphatic carbocycles. The summed E-state index contributed by atoms with van der Waals surface area (Å²) >= 11 is 0. The fourth-order valence-corrected chi connectivity index (χ4v) is 2.87. The zero-order chi connectivity index (χ0) is 13.4. The first kappa shape index (κ1) is 14.8. The van der Waals surface area contributed by atoms with Crippen LogP contribution in [0.1, 0.15) is 20.3 Å². The van der Waals surface area contributed by atoms with Crippen molar-refractivity contribution in [1.29, 1.82) is 0 Å². The highest BCUT2D eigenvalue weighted by Gasteiger charge is 2.08. The summed E-state index contributed by atoms with van der Waals surface area (Å²) in [4.78, 5) is 0. The van der Waals surface area contributed by atoms with Crippen molar-refractivity contribution in [1.82, 2.24) is 0 Å². The van der Waals surface area contributed by atoms with Gasteiger partial charge in [-0.1, -0.05) is 13.0 Å². The molecular formula is C13H21NO3S. The molecule has 5 heteroatoms. The quantitative estimate of drug-likeness (QED) is 0.788. The van der Waals surface area contributed by atoms with Crippen LogP contribution in [0.2, 0.25) is 0 Å². The molecule has 102 valence electrons. The van der Waals surface area contributed by atoms with E-state index in [1.807, 2.05) is 38.1 Å². The lowest BCUT2D eigenvalue weighted by atomic mass is 10.3. The number of ether oxygens (including phenoxy) is 1. The van der Waals surface area contributed by atoms with Crippen molar-refractivity contribution in [2.45, 2.75) is 20.3 Å². The Hall–Kier alpha value is -1.23. The molecular weight excluding hydrogens is 250 g/mol. The highest BCUT2D eigenvalue weighted by molar-refractivity contribution is 7.91. The van der Waals surface area contributed by atoms with Crippen molar-refractivity contribution in [3.05, 3.63) is 24.3 Å². The average molecular weight is 271 g/mol. The average Bonchev–Trinajstić information content (AvgIpc) is 2.29. The van der Waals surface area contributed by atoms with Crippen LogP contribution in [0.5, 0.6) is 5.75 Å². The van der Waals surface area contributed by atoms with E-state index in [0.717, 1.165) is 11.4 Å². The molecule has 0 unspecified atom stereocenters. The highest BCUT2D eigenvalue weighted by Crippen LogP contribution is 2.16. The van der Waals surface area contributed by atoms with Crippen LogP contribution >= 0.6 is 0 Å². The molecule has 4 nitrogen and oxygen atoms in total. The SMILES string of the molecule is CCCS(=O)(=O)CCNc1cccc(OCC)c1. The van der Waals surface area contributed by atoms with Crippen molar-refractivity contribution in [2.24, 2.45) is 0 Å². The van der Waals surface area contributed by atoms with Gasteiger partial charge in [-0.25, -0.2) is 8.42 Å². The van der Waals surface area contributed by atoms with Gasteiger partial charge < -0.3 is 10.1 Å². The monoisotopic (exact) mass is 271 g/mol. The molecule has 1 N–H and O–H groups in total. The van der Waals surface area contributed by atoms with E-state index < -0.39 is 9.84 Å². The number of benzene rings is 1. The molecule has 1 aromatic carbocycles. The molecule has 0 aromatic heterocycles. The maximum atomic E-state index is 11.5. The summed E-state index contributed by atoms with van der Waals surface area (Å²) in [6.45, 7) is 4.85. The van der Waals surface area contributed by atoms with Gasteiger partial charge in [0.15, 0.2) is 9.84 Å². The third kappa shape index (κ3) is 5.40. The Kier molecular flexibility index (Phi) is 5.98. The van der Waals surface area contributed by atoms with Gasteiger partial charge in [0, 0.05) is 24.1 Å². The van der Waals surface area contributed by atoms with E-state index in [-0.39, 0.29) is 11.5 Å². The van der Waals surface area contributed by atoms with Gasteiger partial charge in [0.05, 0.1) is 12.4 Å². The van der Waals surface area contributed by atoms with Crippen LogP contribution in [0, 0.1) is 0 Å². The van der Waals surface area contributed by atoms with Gasteiger partial charge in [0.25, 0.3) is 0 Å². The molecule has 0 saturated carbocycles. The van der Waals surface area contributed by atoms with Crippen LogP contribution < -0.4 is 10.1 Å². The molecule has 0 amide bonds. The zero-order valence-electron chi connectivity index (χ0n) is 11.0. The first-order valence-corrected chi connectivity index (χ1v) is 8.06. The molecule has 0 aliphatic rings. The Morgan fingerprint density at radius 2 is 2.00 bits per heavy atom. The maximum Gasteiger partial charge on any atom is 0.152 e. The van der Waals surface area contributed by atoms with Crippen LogP contribution in [0.25, 0.3) is 0 Å². The van der Waals surface area contributed by atoms with E-state index in [1.54, 1.807) is 0 Å². The predicted octanol–water partition coefficient (Wildman–Crippen LogP) is 2.32. The second-order valence-electron chi connectivity index (χ2n) is 4.04. The fraction of sp³-hybridized carbons (Fsp3) is 0.538. The van der Waals surface area contributed by atoms with E-state index in [0.29, 0.717) is 19.6 Å². The molecule has 0 saturated heterocycles. The molecule has 0 atom stereocenters. The second kappa shape index (κ2) is 7.26. The molecule has 1 aromatic rings. The third-order valence-electron chi connectivity index (χ3n) is 2.40. The zero-order valence-corrected chi connectivity index (χ0v) is 11.8. The van der Waals surface area contributed by atoms with Crippen molar-refractivity contribution < 1.29 is 13.2 Å². The van der Waals surface area contributed by atoms with Crippen molar-refractivity contribution >= 4 is 15.5 Å². The Labute approximate surface area is 109 Å². The van der Waals surface area contributed by atoms with Crippen LogP contribution in [-0.4, -0.2) is 33.1 Å². The number of hydrogen-bond donors (Lipinski definition) is 1. The summed E-state index contributed by atoms with van der Waals surface area (Å²) in [5, 5.41) is 3.10. The van der Waals surface area contributed by atoms with Gasteiger partial charge in [0.1, 0.15) is 5.75 Å². The predicted molar refractivity (Wildman–Crippen MR) is 75.0 cm³/mol. The molecule has 0 radical (unpaired) electrons. The number of sulfone groups is 1. The Morgan fingerprint density at radius 3 is 2.67 bits per heavy atom. The summed E-state index contributed by atoms with van der Waals surface area (Å²) in [7, 11) is -2.92. The smallest absolute Gasteiger partial charge is 0.152 e. The minimum absolute atomic E-state index is 0.166. The number of rotatable bonds is 8. The van der Waals surface area contributed by atoms with Crippen LogP contribution in [-0.2, 0) is 9.84 Å². The van der Waals surface area contributed by atoms with Crippen LogP contribution in [0.15, 0.2) is 24.3 Å².